The molecule has 2 aromatic rings. The van der Waals surface area contributed by atoms with Crippen molar-refractivity contribution in [2.24, 2.45) is 5.73 Å². The normalized spacial score (nSPS) is 13.5. The monoisotopic (exact) mass is 347 g/mol. The number of aryl methyl sites for hydroxylation is 1. The maximum Gasteiger partial charge on any atom is 0.416 e. The molecule has 6 heteroatoms. The van der Waals surface area contributed by atoms with Crippen molar-refractivity contribution in [3.63, 3.8) is 0 Å². The van der Waals surface area contributed by atoms with Crippen LogP contribution in [0.2, 0.25) is 0 Å². The number of alkyl halides is 3. The van der Waals surface area contributed by atoms with Crippen LogP contribution in [-0.2, 0) is 12.6 Å². The van der Waals surface area contributed by atoms with E-state index in [-0.39, 0.29) is 5.56 Å². The second kappa shape index (κ2) is 5.61. The summed E-state index contributed by atoms with van der Waals surface area (Å²) in [5.41, 5.74) is 5.17. The van der Waals surface area contributed by atoms with Crippen molar-refractivity contribution >= 4 is 15.9 Å². The zero-order valence-electron chi connectivity index (χ0n) is 10.7. The van der Waals surface area contributed by atoms with E-state index in [9.17, 15) is 13.2 Å². The second-order valence-corrected chi connectivity index (χ2v) is 5.28. The third kappa shape index (κ3) is 3.07. The molecule has 0 radical (unpaired) electrons. The van der Waals surface area contributed by atoms with Gasteiger partial charge >= 0.3 is 6.18 Å². The SMILES string of the molecule is CCc1ccc(C(N)c2ccc(Br)cc2C(F)(F)F)o1. The lowest BCUT2D eigenvalue weighted by molar-refractivity contribution is -0.138. The molecule has 0 spiro atoms. The Labute approximate surface area is 122 Å². The van der Waals surface area contributed by atoms with Gasteiger partial charge in [0.25, 0.3) is 0 Å². The quantitative estimate of drug-likeness (QED) is 0.875. The fraction of sp³-hybridized carbons (Fsp3) is 0.286. The van der Waals surface area contributed by atoms with Gasteiger partial charge in [-0.15, -0.1) is 0 Å². The van der Waals surface area contributed by atoms with Gasteiger partial charge in [-0.3, -0.25) is 0 Å². The molecule has 0 aliphatic heterocycles. The van der Waals surface area contributed by atoms with Crippen molar-refractivity contribution in [1.29, 1.82) is 0 Å². The van der Waals surface area contributed by atoms with Gasteiger partial charge in [-0.1, -0.05) is 28.9 Å². The minimum atomic E-state index is -4.46. The van der Waals surface area contributed by atoms with Crippen molar-refractivity contribution in [2.45, 2.75) is 25.6 Å². The molecule has 0 amide bonds. The van der Waals surface area contributed by atoms with E-state index in [1.165, 1.54) is 12.1 Å². The fourth-order valence-corrected chi connectivity index (χ4v) is 2.31. The van der Waals surface area contributed by atoms with Crippen molar-refractivity contribution < 1.29 is 17.6 Å². The van der Waals surface area contributed by atoms with E-state index in [0.717, 1.165) is 6.07 Å². The van der Waals surface area contributed by atoms with Crippen molar-refractivity contribution in [3.8, 4) is 0 Å². The Morgan fingerprint density at radius 1 is 1.25 bits per heavy atom. The molecule has 2 rings (SSSR count). The van der Waals surface area contributed by atoms with Gasteiger partial charge in [-0.25, -0.2) is 0 Å². The Morgan fingerprint density at radius 2 is 1.95 bits per heavy atom. The van der Waals surface area contributed by atoms with Crippen LogP contribution in [0.3, 0.4) is 0 Å². The summed E-state index contributed by atoms with van der Waals surface area (Å²) in [5, 5.41) is 0. The molecule has 0 fully saturated rings. The van der Waals surface area contributed by atoms with Crippen LogP contribution < -0.4 is 5.73 Å². The zero-order valence-corrected chi connectivity index (χ0v) is 12.3. The van der Waals surface area contributed by atoms with Crippen LogP contribution in [0.15, 0.2) is 39.2 Å². The first-order valence-corrected chi connectivity index (χ1v) is 6.83. The molecule has 2 nitrogen and oxygen atoms in total. The van der Waals surface area contributed by atoms with Crippen LogP contribution in [0.1, 0.15) is 35.6 Å². The highest BCUT2D eigenvalue weighted by molar-refractivity contribution is 9.10. The second-order valence-electron chi connectivity index (χ2n) is 4.36. The smallest absolute Gasteiger partial charge is 0.416 e. The maximum atomic E-state index is 13.1. The summed E-state index contributed by atoms with van der Waals surface area (Å²) >= 11 is 3.05. The van der Waals surface area contributed by atoms with E-state index < -0.39 is 17.8 Å². The first-order chi connectivity index (χ1) is 9.32. The van der Waals surface area contributed by atoms with Gasteiger partial charge in [0.05, 0.1) is 11.6 Å². The van der Waals surface area contributed by atoms with Crippen LogP contribution in [0, 0.1) is 0 Å². The van der Waals surface area contributed by atoms with Gasteiger partial charge in [-0.05, 0) is 29.8 Å². The van der Waals surface area contributed by atoms with Crippen LogP contribution in [0.25, 0.3) is 0 Å². The molecule has 0 saturated heterocycles. The zero-order chi connectivity index (χ0) is 14.9. The molecule has 1 atom stereocenters. The first kappa shape index (κ1) is 15.1. The molecule has 2 N–H and O–H groups in total. The van der Waals surface area contributed by atoms with E-state index in [1.807, 2.05) is 6.92 Å². The summed E-state index contributed by atoms with van der Waals surface area (Å²) in [6.07, 6.45) is -3.80. The number of rotatable bonds is 3. The van der Waals surface area contributed by atoms with Crippen LogP contribution in [0.4, 0.5) is 13.2 Å². The Balaban J connectivity index is 2.46. The molecule has 1 heterocycles. The van der Waals surface area contributed by atoms with Gasteiger partial charge in [-0.2, -0.15) is 13.2 Å². The number of nitrogens with two attached hydrogens (primary N) is 1. The third-order valence-corrected chi connectivity index (χ3v) is 3.49. The standard InChI is InChI=1S/C14H13BrF3NO/c1-2-9-4-6-12(20-9)13(19)10-5-3-8(15)7-11(10)14(16,17)18/h3-7,13H,2,19H2,1H3. The van der Waals surface area contributed by atoms with E-state index in [4.69, 9.17) is 10.2 Å². The Bertz CT molecular complexity index is 607. The summed E-state index contributed by atoms with van der Waals surface area (Å²) in [4.78, 5) is 0. The molecule has 1 aromatic carbocycles. The molecule has 20 heavy (non-hydrogen) atoms. The summed E-state index contributed by atoms with van der Waals surface area (Å²) in [6.45, 7) is 1.90. The number of hydrogen-bond acceptors (Lipinski definition) is 2. The lowest BCUT2D eigenvalue weighted by Crippen LogP contribution is -2.18. The minimum Gasteiger partial charge on any atom is -0.464 e. The number of furan rings is 1. The van der Waals surface area contributed by atoms with Gasteiger partial charge < -0.3 is 10.2 Å². The number of benzene rings is 1. The molecule has 1 unspecified atom stereocenters. The number of halogens is 4. The summed E-state index contributed by atoms with van der Waals surface area (Å²) in [5.74, 6) is 1.02. The molecule has 0 aliphatic carbocycles. The molecule has 1 aromatic heterocycles. The van der Waals surface area contributed by atoms with Gasteiger partial charge in [0.15, 0.2) is 0 Å². The predicted molar refractivity (Wildman–Crippen MR) is 73.3 cm³/mol. The highest BCUT2D eigenvalue weighted by atomic mass is 79.9. The van der Waals surface area contributed by atoms with E-state index in [1.54, 1.807) is 12.1 Å². The summed E-state index contributed by atoms with van der Waals surface area (Å²) in [6, 6.07) is 6.33. The largest absolute Gasteiger partial charge is 0.464 e. The van der Waals surface area contributed by atoms with Crippen molar-refractivity contribution in [3.05, 3.63) is 57.5 Å². The van der Waals surface area contributed by atoms with Crippen LogP contribution in [-0.4, -0.2) is 0 Å². The average Bonchev–Trinajstić information content (AvgIpc) is 2.85. The van der Waals surface area contributed by atoms with Gasteiger partial charge in [0.2, 0.25) is 0 Å². The maximum absolute atomic E-state index is 13.1. The molecular formula is C14H13BrF3NO. The highest BCUT2D eigenvalue weighted by Gasteiger charge is 2.35. The summed E-state index contributed by atoms with van der Waals surface area (Å²) in [7, 11) is 0. The topological polar surface area (TPSA) is 39.2 Å². The predicted octanol–water partition coefficient (Wildman–Crippen LogP) is 4.67. The molecule has 0 saturated carbocycles. The molecule has 0 aliphatic rings. The van der Waals surface area contributed by atoms with Gasteiger partial charge in [0, 0.05) is 10.9 Å². The molecule has 0 bridgehead atoms. The number of hydrogen-bond donors (Lipinski definition) is 1. The van der Waals surface area contributed by atoms with Crippen molar-refractivity contribution in [2.75, 3.05) is 0 Å². The van der Waals surface area contributed by atoms with Gasteiger partial charge in [0.1, 0.15) is 11.5 Å². The van der Waals surface area contributed by atoms with E-state index in [0.29, 0.717) is 22.4 Å². The average molecular weight is 348 g/mol. The first-order valence-electron chi connectivity index (χ1n) is 6.03. The molecule has 108 valence electrons. The van der Waals surface area contributed by atoms with E-state index >= 15 is 0 Å². The Hall–Kier alpha value is -1.27. The fourth-order valence-electron chi connectivity index (χ4n) is 1.95. The van der Waals surface area contributed by atoms with Crippen LogP contribution in [0.5, 0.6) is 0 Å². The Morgan fingerprint density at radius 3 is 2.50 bits per heavy atom. The highest BCUT2D eigenvalue weighted by Crippen LogP contribution is 2.37. The third-order valence-electron chi connectivity index (χ3n) is 2.99. The lowest BCUT2D eigenvalue weighted by atomic mass is 9.99. The lowest BCUT2D eigenvalue weighted by Gasteiger charge is -2.17. The minimum absolute atomic E-state index is 0.00213. The van der Waals surface area contributed by atoms with Crippen molar-refractivity contribution in [1.82, 2.24) is 0 Å². The molecular weight excluding hydrogens is 335 g/mol. The Kier molecular flexibility index (Phi) is 4.25. The summed E-state index contributed by atoms with van der Waals surface area (Å²) < 4.78 is 45.0. The van der Waals surface area contributed by atoms with Crippen LogP contribution >= 0.6 is 15.9 Å². The van der Waals surface area contributed by atoms with E-state index in [2.05, 4.69) is 15.9 Å².